The number of carbonyl (C=O) groups is 2. The number of likely N-dealkylation sites (N-methyl/N-ethyl adjacent to an activating group) is 1. The first-order valence-corrected chi connectivity index (χ1v) is 16.0. The van der Waals surface area contributed by atoms with Crippen molar-refractivity contribution in [3.63, 3.8) is 0 Å². The highest BCUT2D eigenvalue weighted by molar-refractivity contribution is 7.92. The second-order valence-corrected chi connectivity index (χ2v) is 12.4. The van der Waals surface area contributed by atoms with Gasteiger partial charge < -0.3 is 15.0 Å². The lowest BCUT2D eigenvalue weighted by Crippen LogP contribution is -2.53. The van der Waals surface area contributed by atoms with Gasteiger partial charge in [-0.25, -0.2) is 8.42 Å². The Balaban J connectivity index is 1.76. The molecule has 1 N–H and O–H groups in total. The molecule has 4 aromatic carbocycles. The van der Waals surface area contributed by atoms with E-state index in [0.29, 0.717) is 18.0 Å². The van der Waals surface area contributed by atoms with Crippen molar-refractivity contribution in [1.82, 2.24) is 10.2 Å². The van der Waals surface area contributed by atoms with Gasteiger partial charge in [0.05, 0.1) is 17.2 Å². The van der Waals surface area contributed by atoms with Crippen LogP contribution in [0.5, 0.6) is 5.75 Å². The van der Waals surface area contributed by atoms with Crippen LogP contribution in [0, 0.1) is 13.8 Å². The topological polar surface area (TPSA) is 96.0 Å². The first-order valence-electron chi connectivity index (χ1n) is 14.5. The molecule has 0 aliphatic carbocycles. The second kappa shape index (κ2) is 14.7. The molecule has 0 aromatic heterocycles. The van der Waals surface area contributed by atoms with E-state index in [1.807, 2.05) is 75.4 Å². The van der Waals surface area contributed by atoms with Crippen LogP contribution in [0.25, 0.3) is 0 Å². The van der Waals surface area contributed by atoms with Gasteiger partial charge in [0.1, 0.15) is 18.3 Å². The van der Waals surface area contributed by atoms with Crippen molar-refractivity contribution >= 4 is 27.5 Å². The number of anilines is 1. The zero-order valence-corrected chi connectivity index (χ0v) is 26.4. The average Bonchev–Trinajstić information content (AvgIpc) is 3.03. The molecule has 0 aliphatic rings. The van der Waals surface area contributed by atoms with Gasteiger partial charge in [-0.2, -0.15) is 0 Å². The number of ether oxygens (including phenoxy) is 1. The predicted octanol–water partition coefficient (Wildman–Crippen LogP) is 5.28. The minimum atomic E-state index is -4.19. The van der Waals surface area contributed by atoms with Gasteiger partial charge in [0, 0.05) is 20.0 Å². The molecule has 230 valence electrons. The van der Waals surface area contributed by atoms with Crippen molar-refractivity contribution in [1.29, 1.82) is 0 Å². The lowest BCUT2D eigenvalue weighted by atomic mass is 10.0. The van der Waals surface area contributed by atoms with E-state index < -0.39 is 28.5 Å². The van der Waals surface area contributed by atoms with Crippen LogP contribution in [-0.4, -0.2) is 51.4 Å². The molecular formula is C35H39N3O5S. The number of sulfonamides is 1. The van der Waals surface area contributed by atoms with Crippen LogP contribution >= 0.6 is 0 Å². The maximum absolute atomic E-state index is 14.4. The van der Waals surface area contributed by atoms with Gasteiger partial charge in [-0.3, -0.25) is 13.9 Å². The highest BCUT2D eigenvalue weighted by Gasteiger charge is 2.34. The number of hydrogen-bond acceptors (Lipinski definition) is 5. The van der Waals surface area contributed by atoms with Crippen molar-refractivity contribution in [3.8, 4) is 5.75 Å². The first kappa shape index (κ1) is 32.3. The van der Waals surface area contributed by atoms with Gasteiger partial charge in [-0.1, -0.05) is 77.9 Å². The Labute approximate surface area is 260 Å². The monoisotopic (exact) mass is 613 g/mol. The second-order valence-electron chi connectivity index (χ2n) is 10.6. The number of nitrogens with zero attached hydrogens (tertiary/aromatic N) is 2. The summed E-state index contributed by atoms with van der Waals surface area (Å²) in [7, 11) is -2.65. The Hall–Kier alpha value is -4.63. The number of rotatable bonds is 13. The molecule has 0 saturated carbocycles. The zero-order valence-electron chi connectivity index (χ0n) is 25.6. The van der Waals surface area contributed by atoms with Crippen LogP contribution in [0.4, 0.5) is 5.69 Å². The average molecular weight is 614 g/mol. The quantitative estimate of drug-likeness (QED) is 0.221. The van der Waals surface area contributed by atoms with Crippen LogP contribution in [0.15, 0.2) is 108 Å². The molecule has 0 saturated heterocycles. The Bertz CT molecular complexity index is 1640. The van der Waals surface area contributed by atoms with E-state index in [2.05, 4.69) is 5.32 Å². The van der Waals surface area contributed by atoms with Crippen LogP contribution < -0.4 is 14.4 Å². The minimum absolute atomic E-state index is 0.0200. The van der Waals surface area contributed by atoms with E-state index in [4.69, 9.17) is 4.74 Å². The molecule has 0 fully saturated rings. The fourth-order valence-corrected chi connectivity index (χ4v) is 6.27. The van der Waals surface area contributed by atoms with Gasteiger partial charge >= 0.3 is 0 Å². The number of hydrogen-bond donors (Lipinski definition) is 1. The van der Waals surface area contributed by atoms with Crippen molar-refractivity contribution in [2.75, 3.05) is 24.5 Å². The van der Waals surface area contributed by atoms with Gasteiger partial charge in [0.2, 0.25) is 11.8 Å². The molecule has 44 heavy (non-hydrogen) atoms. The minimum Gasteiger partial charge on any atom is -0.494 e. The summed E-state index contributed by atoms with van der Waals surface area (Å²) in [5, 5.41) is 2.70. The Morgan fingerprint density at radius 2 is 1.39 bits per heavy atom. The highest BCUT2D eigenvalue weighted by atomic mass is 32.2. The number of aryl methyl sites for hydroxylation is 2. The zero-order chi connectivity index (χ0) is 31.7. The van der Waals surface area contributed by atoms with Gasteiger partial charge in [-0.05, 0) is 68.3 Å². The standard InChI is InChI=1S/C35H39N3O5S/c1-5-43-31-19-21-32(22-20-31)44(41,42)38(30-17-13-27(3)14-18-30)25-34(39)37(24-29-15-11-26(2)12-16-29)33(35(40)36-4)23-28-9-7-6-8-10-28/h6-22,33H,5,23-25H2,1-4H3,(H,36,40). The predicted molar refractivity (Wildman–Crippen MR) is 173 cm³/mol. The molecule has 0 spiro atoms. The van der Waals surface area contributed by atoms with Crippen LogP contribution in [0.2, 0.25) is 0 Å². The molecule has 0 radical (unpaired) electrons. The normalized spacial score (nSPS) is 11.8. The molecule has 1 unspecified atom stereocenters. The van der Waals surface area contributed by atoms with E-state index in [0.717, 1.165) is 26.6 Å². The van der Waals surface area contributed by atoms with Gasteiger partial charge in [-0.15, -0.1) is 0 Å². The molecule has 1 atom stereocenters. The largest absolute Gasteiger partial charge is 0.494 e. The summed E-state index contributed by atoms with van der Waals surface area (Å²) in [5.41, 5.74) is 4.04. The molecule has 9 heteroatoms. The van der Waals surface area contributed by atoms with Crippen molar-refractivity contribution in [3.05, 3.63) is 125 Å². The number of amides is 2. The summed E-state index contributed by atoms with van der Waals surface area (Å²) in [6, 6.07) is 29.4. The number of benzene rings is 4. The van der Waals surface area contributed by atoms with E-state index >= 15 is 0 Å². The molecular weight excluding hydrogens is 574 g/mol. The smallest absolute Gasteiger partial charge is 0.264 e. The summed E-state index contributed by atoms with van der Waals surface area (Å²) in [4.78, 5) is 29.2. The van der Waals surface area contributed by atoms with Crippen molar-refractivity contribution < 1.29 is 22.7 Å². The van der Waals surface area contributed by atoms with E-state index in [-0.39, 0.29) is 23.8 Å². The molecule has 4 aromatic rings. The molecule has 0 aliphatic heterocycles. The Kier molecular flexibility index (Phi) is 10.8. The lowest BCUT2D eigenvalue weighted by Gasteiger charge is -2.33. The highest BCUT2D eigenvalue weighted by Crippen LogP contribution is 2.27. The molecule has 0 heterocycles. The lowest BCUT2D eigenvalue weighted by molar-refractivity contribution is -0.139. The third-order valence-electron chi connectivity index (χ3n) is 7.31. The van der Waals surface area contributed by atoms with E-state index in [1.54, 1.807) is 36.4 Å². The first-order chi connectivity index (χ1) is 21.1. The SMILES string of the molecule is CCOc1ccc(S(=O)(=O)N(CC(=O)N(Cc2ccc(C)cc2)C(Cc2ccccc2)C(=O)NC)c2ccc(C)cc2)cc1. The molecule has 2 amide bonds. The summed E-state index contributed by atoms with van der Waals surface area (Å²) in [5.74, 6) is -0.307. The third-order valence-corrected chi connectivity index (χ3v) is 9.10. The fraction of sp³-hybridized carbons (Fsp3) is 0.257. The maximum atomic E-state index is 14.4. The maximum Gasteiger partial charge on any atom is 0.264 e. The molecule has 4 rings (SSSR count). The fourth-order valence-electron chi connectivity index (χ4n) is 4.85. The third kappa shape index (κ3) is 8.05. The van der Waals surface area contributed by atoms with Crippen molar-refractivity contribution in [2.45, 2.75) is 44.7 Å². The molecule has 8 nitrogen and oxygen atoms in total. The summed E-state index contributed by atoms with van der Waals surface area (Å²) < 4.78 is 34.9. The van der Waals surface area contributed by atoms with E-state index in [1.165, 1.54) is 24.1 Å². The van der Waals surface area contributed by atoms with Crippen LogP contribution in [0.3, 0.4) is 0 Å². The summed E-state index contributed by atoms with van der Waals surface area (Å²) >= 11 is 0. The van der Waals surface area contributed by atoms with Crippen LogP contribution in [-0.2, 0) is 32.6 Å². The Morgan fingerprint density at radius 1 is 0.795 bits per heavy atom. The molecule has 0 bridgehead atoms. The summed E-state index contributed by atoms with van der Waals surface area (Å²) in [6.07, 6.45) is 0.258. The van der Waals surface area contributed by atoms with Gasteiger partial charge in [0.25, 0.3) is 10.0 Å². The number of carbonyl (C=O) groups excluding carboxylic acids is 2. The van der Waals surface area contributed by atoms with E-state index in [9.17, 15) is 18.0 Å². The van der Waals surface area contributed by atoms with Crippen LogP contribution in [0.1, 0.15) is 29.2 Å². The Morgan fingerprint density at radius 3 is 1.95 bits per heavy atom. The summed E-state index contributed by atoms with van der Waals surface area (Å²) in [6.45, 7) is 5.79. The number of nitrogens with one attached hydrogen (secondary N) is 1. The van der Waals surface area contributed by atoms with Crippen molar-refractivity contribution in [2.24, 2.45) is 0 Å². The van der Waals surface area contributed by atoms with Gasteiger partial charge in [0.15, 0.2) is 0 Å².